The van der Waals surface area contributed by atoms with Gasteiger partial charge in [0.2, 0.25) is 0 Å². The van der Waals surface area contributed by atoms with Gasteiger partial charge in [-0.05, 0) is 25.1 Å². The van der Waals surface area contributed by atoms with E-state index in [1.165, 1.54) is 6.07 Å². The first-order valence-electron chi connectivity index (χ1n) is 5.91. The molecule has 0 bridgehead atoms. The summed E-state index contributed by atoms with van der Waals surface area (Å²) in [7, 11) is 0. The van der Waals surface area contributed by atoms with E-state index in [0.29, 0.717) is 27.7 Å². The molecule has 6 heteroatoms. The van der Waals surface area contributed by atoms with Crippen LogP contribution in [0.15, 0.2) is 30.3 Å². The minimum absolute atomic E-state index is 0.144. The average molecular weight is 288 g/mol. The van der Waals surface area contributed by atoms with Crippen LogP contribution < -0.4 is 0 Å². The van der Waals surface area contributed by atoms with Gasteiger partial charge < -0.3 is 10.1 Å². The van der Waals surface area contributed by atoms with Gasteiger partial charge in [-0.25, -0.2) is 14.8 Å². The molecule has 0 aliphatic carbocycles. The predicted molar refractivity (Wildman–Crippen MR) is 76.0 cm³/mol. The van der Waals surface area contributed by atoms with Crippen LogP contribution in [0.2, 0.25) is 5.02 Å². The molecule has 0 amide bonds. The molecule has 2 aromatic heterocycles. The van der Waals surface area contributed by atoms with Gasteiger partial charge in [-0.3, -0.25) is 0 Å². The maximum absolute atomic E-state index is 11.4. The zero-order valence-electron chi connectivity index (χ0n) is 10.5. The molecule has 3 rings (SSSR count). The molecule has 0 radical (unpaired) electrons. The normalized spacial score (nSPS) is 10.9. The van der Waals surface area contributed by atoms with Crippen molar-refractivity contribution in [1.29, 1.82) is 0 Å². The Labute approximate surface area is 119 Å². The van der Waals surface area contributed by atoms with Gasteiger partial charge in [-0.15, -0.1) is 0 Å². The predicted octanol–water partition coefficient (Wildman–Crippen LogP) is 3.28. The summed E-state index contributed by atoms with van der Waals surface area (Å²) in [5, 5.41) is 9.89. The van der Waals surface area contributed by atoms with Crippen LogP contribution in [0.3, 0.4) is 0 Å². The maximum atomic E-state index is 11.4. The third kappa shape index (κ3) is 2.12. The van der Waals surface area contributed by atoms with Crippen molar-refractivity contribution >= 4 is 28.7 Å². The molecule has 0 spiro atoms. The number of aromatic carboxylic acids is 1. The highest BCUT2D eigenvalue weighted by atomic mass is 35.5. The van der Waals surface area contributed by atoms with E-state index in [2.05, 4.69) is 15.0 Å². The first-order valence-corrected chi connectivity index (χ1v) is 6.29. The lowest BCUT2D eigenvalue weighted by atomic mass is 10.1. The lowest BCUT2D eigenvalue weighted by molar-refractivity contribution is 0.0699. The molecule has 1 aromatic carbocycles. The first kappa shape index (κ1) is 12.6. The number of imidazole rings is 1. The number of hydrogen-bond donors (Lipinski definition) is 2. The number of fused-ring (bicyclic) bond motifs is 1. The molecule has 0 unspecified atom stereocenters. The van der Waals surface area contributed by atoms with Crippen LogP contribution in [0.25, 0.3) is 22.4 Å². The van der Waals surface area contributed by atoms with E-state index in [-0.39, 0.29) is 5.56 Å². The zero-order chi connectivity index (χ0) is 14.3. The highest BCUT2D eigenvalue weighted by Gasteiger charge is 2.15. The topological polar surface area (TPSA) is 78.9 Å². The Morgan fingerprint density at radius 2 is 2.10 bits per heavy atom. The van der Waals surface area contributed by atoms with Gasteiger partial charge in [-0.2, -0.15) is 0 Å². The summed E-state index contributed by atoms with van der Waals surface area (Å²) in [6, 6.07) is 8.63. The number of halogens is 1. The Bertz CT molecular complexity index is 826. The lowest BCUT2D eigenvalue weighted by Crippen LogP contribution is -2.00. The molecule has 2 N–H and O–H groups in total. The van der Waals surface area contributed by atoms with E-state index < -0.39 is 5.97 Å². The van der Waals surface area contributed by atoms with E-state index in [1.807, 2.05) is 6.07 Å². The molecular formula is C14H10ClN3O2. The Morgan fingerprint density at radius 1 is 1.30 bits per heavy atom. The van der Waals surface area contributed by atoms with Crippen molar-refractivity contribution in [2.75, 3.05) is 0 Å². The SMILES string of the molecule is Cc1nc2nc(-c3cccc(Cl)c3)cc(C(=O)O)c2[nH]1. The number of nitrogens with one attached hydrogen (secondary N) is 1. The fraction of sp³-hybridized carbons (Fsp3) is 0.0714. The number of H-pyrrole nitrogens is 1. The number of hydrogen-bond acceptors (Lipinski definition) is 3. The highest BCUT2D eigenvalue weighted by Crippen LogP contribution is 2.25. The summed E-state index contributed by atoms with van der Waals surface area (Å²) < 4.78 is 0. The molecule has 2 heterocycles. The molecule has 0 fully saturated rings. The van der Waals surface area contributed by atoms with Crippen molar-refractivity contribution in [3.8, 4) is 11.3 Å². The molecular weight excluding hydrogens is 278 g/mol. The van der Waals surface area contributed by atoms with Crippen molar-refractivity contribution < 1.29 is 9.90 Å². The maximum Gasteiger partial charge on any atom is 0.338 e. The number of aromatic amines is 1. The Hall–Kier alpha value is -2.40. The van der Waals surface area contributed by atoms with Crippen molar-refractivity contribution in [2.24, 2.45) is 0 Å². The monoisotopic (exact) mass is 287 g/mol. The van der Waals surface area contributed by atoms with E-state index in [1.54, 1.807) is 25.1 Å². The number of carbonyl (C=O) groups is 1. The minimum atomic E-state index is -1.02. The van der Waals surface area contributed by atoms with Gasteiger partial charge in [0.25, 0.3) is 0 Å². The summed E-state index contributed by atoms with van der Waals surface area (Å²) in [6.07, 6.45) is 0. The van der Waals surface area contributed by atoms with Crippen LogP contribution in [0.4, 0.5) is 0 Å². The number of rotatable bonds is 2. The van der Waals surface area contributed by atoms with E-state index in [9.17, 15) is 9.90 Å². The second kappa shape index (κ2) is 4.61. The summed E-state index contributed by atoms with van der Waals surface area (Å²) in [5.74, 6) is -0.400. The van der Waals surface area contributed by atoms with Gasteiger partial charge in [0, 0.05) is 10.6 Å². The second-order valence-corrected chi connectivity index (χ2v) is 4.83. The minimum Gasteiger partial charge on any atom is -0.478 e. The van der Waals surface area contributed by atoms with Gasteiger partial charge in [0.05, 0.1) is 16.8 Å². The van der Waals surface area contributed by atoms with E-state index in [4.69, 9.17) is 11.6 Å². The molecule has 5 nitrogen and oxygen atoms in total. The number of carboxylic acids is 1. The number of benzene rings is 1. The summed E-state index contributed by atoms with van der Waals surface area (Å²) in [5.41, 5.74) is 2.25. The molecule has 3 aromatic rings. The third-order valence-corrected chi connectivity index (χ3v) is 3.17. The van der Waals surface area contributed by atoms with Gasteiger partial charge >= 0.3 is 5.97 Å². The van der Waals surface area contributed by atoms with E-state index >= 15 is 0 Å². The highest BCUT2D eigenvalue weighted by molar-refractivity contribution is 6.30. The number of pyridine rings is 1. The molecule has 0 aliphatic rings. The van der Waals surface area contributed by atoms with Gasteiger partial charge in [0.15, 0.2) is 5.65 Å². The number of carboxylic acid groups (broad SMARTS) is 1. The molecule has 0 saturated heterocycles. The molecule has 0 aliphatic heterocycles. The first-order chi connectivity index (χ1) is 9.54. The molecule has 20 heavy (non-hydrogen) atoms. The fourth-order valence-electron chi connectivity index (χ4n) is 2.07. The zero-order valence-corrected chi connectivity index (χ0v) is 11.3. The van der Waals surface area contributed by atoms with Crippen LogP contribution in [0.5, 0.6) is 0 Å². The van der Waals surface area contributed by atoms with Crippen LogP contribution in [-0.4, -0.2) is 26.0 Å². The molecule has 0 saturated carbocycles. The van der Waals surface area contributed by atoms with Crippen LogP contribution in [0, 0.1) is 6.92 Å². The van der Waals surface area contributed by atoms with E-state index in [0.717, 1.165) is 5.56 Å². The Kier molecular flexibility index (Phi) is 2.91. The van der Waals surface area contributed by atoms with Crippen molar-refractivity contribution in [3.05, 3.63) is 46.7 Å². The van der Waals surface area contributed by atoms with Crippen LogP contribution >= 0.6 is 11.6 Å². The number of nitrogens with zero attached hydrogens (tertiary/aromatic N) is 2. The lowest BCUT2D eigenvalue weighted by Gasteiger charge is -2.04. The molecule has 100 valence electrons. The quantitative estimate of drug-likeness (QED) is 0.758. The number of aromatic nitrogens is 3. The Balaban J connectivity index is 2.29. The summed E-state index contributed by atoms with van der Waals surface area (Å²) >= 11 is 5.95. The second-order valence-electron chi connectivity index (χ2n) is 4.39. The van der Waals surface area contributed by atoms with Gasteiger partial charge in [0.1, 0.15) is 5.82 Å². The Morgan fingerprint density at radius 3 is 2.80 bits per heavy atom. The largest absolute Gasteiger partial charge is 0.478 e. The summed E-state index contributed by atoms with van der Waals surface area (Å²) in [6.45, 7) is 1.76. The smallest absolute Gasteiger partial charge is 0.338 e. The van der Waals surface area contributed by atoms with Crippen molar-refractivity contribution in [1.82, 2.24) is 15.0 Å². The van der Waals surface area contributed by atoms with Crippen LogP contribution in [0.1, 0.15) is 16.2 Å². The molecule has 0 atom stereocenters. The fourth-order valence-corrected chi connectivity index (χ4v) is 2.26. The summed E-state index contributed by atoms with van der Waals surface area (Å²) in [4.78, 5) is 22.9. The van der Waals surface area contributed by atoms with Gasteiger partial charge in [-0.1, -0.05) is 23.7 Å². The van der Waals surface area contributed by atoms with Crippen molar-refractivity contribution in [3.63, 3.8) is 0 Å². The standard InChI is InChI=1S/C14H10ClN3O2/c1-7-16-12-10(14(19)20)6-11(18-13(12)17-7)8-3-2-4-9(15)5-8/h2-6H,1H3,(H,19,20)(H,16,17,18). The number of aryl methyl sites for hydroxylation is 1. The van der Waals surface area contributed by atoms with Crippen LogP contribution in [-0.2, 0) is 0 Å². The van der Waals surface area contributed by atoms with Crippen molar-refractivity contribution in [2.45, 2.75) is 6.92 Å². The third-order valence-electron chi connectivity index (χ3n) is 2.93. The average Bonchev–Trinajstić information content (AvgIpc) is 2.77.